The Labute approximate surface area is 547 Å². The van der Waals surface area contributed by atoms with Crippen LogP contribution < -0.4 is 19.9 Å². The molecular weight excluding hydrogens is 1170 g/mol. The van der Waals surface area contributed by atoms with E-state index >= 15 is 4.39 Å². The Hall–Kier alpha value is -6.37. The molecule has 3 aromatic carbocycles. The number of nitrogens with zero attached hydrogens (tertiary/aromatic N) is 7. The maximum Gasteiger partial charge on any atom is 0.318 e. The van der Waals surface area contributed by atoms with Gasteiger partial charge in [-0.3, -0.25) is 29.2 Å². The van der Waals surface area contributed by atoms with Crippen LogP contribution in [0.15, 0.2) is 48.7 Å². The number of methoxy groups -OCH3 is 1. The van der Waals surface area contributed by atoms with Crippen molar-refractivity contribution in [3.63, 3.8) is 0 Å². The monoisotopic (exact) mass is 1270 g/mol. The predicted molar refractivity (Wildman–Crippen MR) is 364 cm³/mol. The van der Waals surface area contributed by atoms with Crippen LogP contribution in [-0.4, -0.2) is 143 Å². The maximum absolute atomic E-state index is 16.1. The van der Waals surface area contributed by atoms with Crippen molar-refractivity contribution in [3.8, 4) is 23.0 Å². The number of benzene rings is 3. The number of piperidine rings is 2. The number of hydrogen-bond donors (Lipinski definition) is 3. The van der Waals surface area contributed by atoms with Gasteiger partial charge in [-0.05, 0) is 199 Å². The largest absolute Gasteiger partial charge is 0.508 e. The summed E-state index contributed by atoms with van der Waals surface area (Å²) in [7, 11) is 4.90. The molecule has 5 fully saturated rings. The van der Waals surface area contributed by atoms with Crippen molar-refractivity contribution in [2.75, 3.05) is 70.3 Å². The molecule has 1 aliphatic carbocycles. The minimum atomic E-state index is -0.907. The Bertz CT molecular complexity index is 3280. The number of aromatic nitrogens is 3. The van der Waals surface area contributed by atoms with E-state index in [1.807, 2.05) is 25.8 Å². The summed E-state index contributed by atoms with van der Waals surface area (Å²) in [5, 5.41) is 24.9. The number of phenolic OH excluding ortho intramolecular Hbond substituents is 1. The van der Waals surface area contributed by atoms with Gasteiger partial charge in [0.2, 0.25) is 11.8 Å². The summed E-state index contributed by atoms with van der Waals surface area (Å²) in [5.74, 6) is 1.94. The lowest BCUT2D eigenvalue weighted by Gasteiger charge is -2.42. The number of ether oxygens (including phenoxy) is 2. The highest BCUT2D eigenvalue weighted by molar-refractivity contribution is 6.02. The molecule has 5 aromatic rings. The molecule has 0 radical (unpaired) electrons. The molecular formula is C74H108F2N8O8. The quantitative estimate of drug-likeness (QED) is 0.0438. The van der Waals surface area contributed by atoms with Crippen LogP contribution in [0.3, 0.4) is 0 Å². The molecule has 4 aliphatic heterocycles. The van der Waals surface area contributed by atoms with Gasteiger partial charge in [-0.2, -0.15) is 9.97 Å². The number of nitrogens with one attached hydrogen (secondary N) is 1. The normalized spacial score (nSPS) is 20.8. The van der Waals surface area contributed by atoms with E-state index in [2.05, 4.69) is 82.9 Å². The molecule has 5 aliphatic rings. The number of aryl methyl sites for hydroxylation is 2. The Morgan fingerprint density at radius 1 is 0.891 bits per heavy atom. The van der Waals surface area contributed by atoms with E-state index in [0.29, 0.717) is 96.3 Å². The molecule has 16 nitrogen and oxygen atoms in total. The zero-order chi connectivity index (χ0) is 67.0. The molecule has 10 rings (SSSR count). The first-order valence-corrected chi connectivity index (χ1v) is 34.4. The molecule has 0 spiro atoms. The second-order valence-corrected chi connectivity index (χ2v) is 27.2. The zero-order valence-corrected chi connectivity index (χ0v) is 57.6. The molecule has 0 bridgehead atoms. The van der Waals surface area contributed by atoms with Crippen LogP contribution in [0.25, 0.3) is 32.9 Å². The van der Waals surface area contributed by atoms with E-state index in [-0.39, 0.29) is 52.2 Å². The molecule has 18 heteroatoms. The number of β-amino-alcohol motifs (C(OH)–C–C–N with tert-alkyl or cyclic N) is 1. The van der Waals surface area contributed by atoms with E-state index in [1.165, 1.54) is 153 Å². The van der Waals surface area contributed by atoms with Crippen molar-refractivity contribution in [3.05, 3.63) is 77.0 Å². The number of phenols is 1. The molecule has 3 N–H and O–H groups in total. The van der Waals surface area contributed by atoms with E-state index in [4.69, 9.17) is 9.47 Å². The number of aromatic hydroxyl groups is 1. The SMILES string of the molecule is CC(=O)OCC1CCC2CCCN21.CCC(C)C(C=O)CCC(=O)NC.CCCC(CCC(C)CC)C1(N2CCC(c3ccc(C)c(N(C)C(C)=O)c3)CC2)CC1.CCc1c(F)ccc2cc(O)cc(-c3ncc4c(N5CCC[C@@](C)(O)C5)nc(OC)nc4c3F)c12. The Kier molecular flexibility index (Phi) is 26.7. The first kappa shape index (κ1) is 73.0. The summed E-state index contributed by atoms with van der Waals surface area (Å²) in [4.78, 5) is 66.3. The summed E-state index contributed by atoms with van der Waals surface area (Å²) in [6.07, 6.45) is 23.7. The maximum atomic E-state index is 16.1. The van der Waals surface area contributed by atoms with E-state index in [9.17, 15) is 33.8 Å². The molecule has 4 saturated heterocycles. The number of amides is 2. The van der Waals surface area contributed by atoms with Crippen molar-refractivity contribution in [2.24, 2.45) is 23.7 Å². The van der Waals surface area contributed by atoms with Gasteiger partial charge in [0.15, 0.2) is 5.82 Å². The Balaban J connectivity index is 0.000000190. The summed E-state index contributed by atoms with van der Waals surface area (Å²) in [6.45, 7) is 25.3. The number of carbonyl (C=O) groups excluding carboxylic acids is 4. The summed E-state index contributed by atoms with van der Waals surface area (Å²) in [6, 6.07) is 13.9. The lowest BCUT2D eigenvalue weighted by molar-refractivity contribution is -0.142. The Morgan fingerprint density at radius 3 is 2.25 bits per heavy atom. The van der Waals surface area contributed by atoms with Gasteiger partial charge in [0.25, 0.3) is 0 Å². The van der Waals surface area contributed by atoms with Gasteiger partial charge in [0.05, 0.1) is 18.1 Å². The van der Waals surface area contributed by atoms with Crippen molar-refractivity contribution >= 4 is 57.3 Å². The third-order valence-corrected chi connectivity index (χ3v) is 20.8. The Morgan fingerprint density at radius 2 is 1.63 bits per heavy atom. The molecule has 92 heavy (non-hydrogen) atoms. The van der Waals surface area contributed by atoms with Crippen molar-refractivity contribution in [1.29, 1.82) is 0 Å². The van der Waals surface area contributed by atoms with Gasteiger partial charge < -0.3 is 39.6 Å². The highest BCUT2D eigenvalue weighted by Gasteiger charge is 2.53. The number of likely N-dealkylation sites (tertiary alicyclic amines) is 1. The average molecular weight is 1280 g/mol. The average Bonchev–Trinajstić information content (AvgIpc) is 0.975. The van der Waals surface area contributed by atoms with Gasteiger partial charge in [-0.25, -0.2) is 8.78 Å². The number of fused-ring (bicyclic) bond motifs is 3. The van der Waals surface area contributed by atoms with Crippen LogP contribution in [0.4, 0.5) is 20.3 Å². The number of esters is 1. The minimum absolute atomic E-state index is 0.00647. The van der Waals surface area contributed by atoms with E-state index < -0.39 is 17.2 Å². The molecule has 506 valence electrons. The second kappa shape index (κ2) is 33.6. The van der Waals surface area contributed by atoms with Crippen molar-refractivity contribution in [2.45, 2.75) is 220 Å². The molecule has 2 amide bonds. The molecule has 2 aromatic heterocycles. The lowest BCUT2D eigenvalue weighted by atomic mass is 9.82. The summed E-state index contributed by atoms with van der Waals surface area (Å²) >= 11 is 0. The smallest absolute Gasteiger partial charge is 0.318 e. The third kappa shape index (κ3) is 18.3. The predicted octanol–water partition coefficient (Wildman–Crippen LogP) is 14.2. The number of halogens is 2. The van der Waals surface area contributed by atoms with Crippen LogP contribution in [-0.2, 0) is 30.3 Å². The summed E-state index contributed by atoms with van der Waals surface area (Å²) in [5.41, 5.74) is 3.89. The molecule has 7 atom stereocenters. The van der Waals surface area contributed by atoms with Crippen molar-refractivity contribution < 1.29 is 47.6 Å². The first-order chi connectivity index (χ1) is 44.0. The molecule has 1 saturated carbocycles. The van der Waals surface area contributed by atoms with Crippen LogP contribution in [0.1, 0.15) is 200 Å². The number of pyridine rings is 1. The fourth-order valence-electron chi connectivity index (χ4n) is 14.7. The standard InChI is InChI=1S/C28H46N2O.C26H26F2N4O3.C10H17NO2.C10H19NO2/c1-7-9-26(13-10-21(3)8-2)28(16-17-28)30-18-14-24(15-19-30)25-12-11-22(4)27(20-25)29(6)23(5)31;1-4-16-19(27)7-6-14-10-15(33)11-17(20(14)16)22-21(28)23-18(12-29-22)24(31-25(30-23)35-3)32-9-5-8-26(2,34)13-32;1-8(12)13-7-10-5-4-9-3-2-6-11(9)10;1-4-8(2)9(7-12)5-6-10(13)11-3/h11-12,20-21,24,26H,7-10,13-19H2,1-6H3;6-7,10-12,33-34H,4-5,8-9,13H2,1-3H3;9-10H,2-7H2,1H3;7-9H,4-6H2,1-3H3,(H,11,13)/t;26-;;/m.1../s1. The molecule has 6 unspecified atom stereocenters. The van der Waals surface area contributed by atoms with Crippen LogP contribution >= 0.6 is 0 Å². The fourth-order valence-corrected chi connectivity index (χ4v) is 14.7. The second-order valence-electron chi connectivity index (χ2n) is 27.2. The number of anilines is 2. The van der Waals surface area contributed by atoms with Gasteiger partial charge >= 0.3 is 12.0 Å². The number of aldehydes is 1. The summed E-state index contributed by atoms with van der Waals surface area (Å²) < 4.78 is 41.1. The first-order valence-electron chi connectivity index (χ1n) is 34.4. The van der Waals surface area contributed by atoms with Gasteiger partial charge in [0.1, 0.15) is 41.5 Å². The lowest BCUT2D eigenvalue weighted by Crippen LogP contribution is -2.47. The topological polar surface area (TPSA) is 191 Å². The van der Waals surface area contributed by atoms with Gasteiger partial charge in [-0.15, -0.1) is 0 Å². The van der Waals surface area contributed by atoms with Gasteiger partial charge in [-0.1, -0.05) is 85.4 Å². The van der Waals surface area contributed by atoms with Crippen molar-refractivity contribution in [1.82, 2.24) is 30.1 Å². The van der Waals surface area contributed by atoms with E-state index in [0.717, 1.165) is 42.7 Å². The number of hydrogen-bond acceptors (Lipinski definition) is 14. The van der Waals surface area contributed by atoms with Gasteiger partial charge in [0, 0.05) is 88.4 Å². The fraction of sp³-hybridized carbons (Fsp3) is 0.635. The minimum Gasteiger partial charge on any atom is -0.508 e. The number of carbonyl (C=O) groups is 4. The zero-order valence-electron chi connectivity index (χ0n) is 57.6. The van der Waals surface area contributed by atoms with Crippen LogP contribution in [0.2, 0.25) is 0 Å². The molecule has 6 heterocycles. The highest BCUT2D eigenvalue weighted by Crippen LogP contribution is 2.53. The number of aliphatic hydroxyl groups is 1. The van der Waals surface area contributed by atoms with E-state index in [1.54, 1.807) is 31.9 Å². The highest BCUT2D eigenvalue weighted by atomic mass is 19.1. The van der Waals surface area contributed by atoms with Crippen LogP contribution in [0.5, 0.6) is 11.8 Å². The number of rotatable bonds is 22. The van der Waals surface area contributed by atoms with Crippen LogP contribution in [0, 0.1) is 42.2 Å². The third-order valence-electron chi connectivity index (χ3n) is 20.8.